The van der Waals surface area contributed by atoms with E-state index in [-0.39, 0.29) is 11.8 Å². The molecule has 0 aromatic carbocycles. The molecule has 0 spiro atoms. The zero-order chi connectivity index (χ0) is 13.0. The predicted octanol–water partition coefficient (Wildman–Crippen LogP) is 1.51. The summed E-state index contributed by atoms with van der Waals surface area (Å²) in [7, 11) is 1.85. The van der Waals surface area contributed by atoms with Crippen LogP contribution in [0.3, 0.4) is 0 Å². The Bertz CT molecular complexity index is 407. The van der Waals surface area contributed by atoms with Crippen molar-refractivity contribution in [1.29, 1.82) is 0 Å². The fourth-order valence-electron chi connectivity index (χ4n) is 1.54. The smallest absolute Gasteiger partial charge is 0.287 e. The second-order valence-electron chi connectivity index (χ2n) is 4.15. The number of hydrogen-bond acceptors (Lipinski definition) is 5. The highest BCUT2D eigenvalue weighted by Gasteiger charge is 2.12. The molecule has 1 atom stereocenters. The standard InChI is InChI=1S/C11H17N3O3/c1-8-6-10(14(16)17)7-12-11(8)13(3)5-4-9(2)15/h6-7,9,15H,4-5H2,1-3H3/t9-/m1/s1. The number of aryl methyl sites for hydroxylation is 1. The Balaban J connectivity index is 2.81. The van der Waals surface area contributed by atoms with Gasteiger partial charge in [-0.3, -0.25) is 10.1 Å². The van der Waals surface area contributed by atoms with Gasteiger partial charge in [0.05, 0.1) is 11.0 Å². The van der Waals surface area contributed by atoms with Crippen molar-refractivity contribution in [1.82, 2.24) is 4.98 Å². The number of aliphatic hydroxyl groups is 1. The van der Waals surface area contributed by atoms with E-state index in [1.54, 1.807) is 13.8 Å². The summed E-state index contributed by atoms with van der Waals surface area (Å²) < 4.78 is 0. The summed E-state index contributed by atoms with van der Waals surface area (Å²) >= 11 is 0. The molecule has 1 aromatic heterocycles. The van der Waals surface area contributed by atoms with Crippen molar-refractivity contribution in [3.8, 4) is 0 Å². The first kappa shape index (κ1) is 13.4. The number of nitrogens with zero attached hydrogens (tertiary/aromatic N) is 3. The first-order valence-corrected chi connectivity index (χ1v) is 5.42. The van der Waals surface area contributed by atoms with Crippen LogP contribution in [0.2, 0.25) is 0 Å². The second kappa shape index (κ2) is 5.58. The third kappa shape index (κ3) is 3.67. The van der Waals surface area contributed by atoms with Crippen molar-refractivity contribution in [3.63, 3.8) is 0 Å². The fourth-order valence-corrected chi connectivity index (χ4v) is 1.54. The largest absolute Gasteiger partial charge is 0.393 e. The Morgan fingerprint density at radius 2 is 2.29 bits per heavy atom. The minimum atomic E-state index is -0.459. The van der Waals surface area contributed by atoms with Crippen LogP contribution < -0.4 is 4.90 Å². The van der Waals surface area contributed by atoms with Gasteiger partial charge >= 0.3 is 0 Å². The van der Waals surface area contributed by atoms with E-state index in [4.69, 9.17) is 0 Å². The Labute approximate surface area is 100 Å². The summed E-state index contributed by atoms with van der Waals surface area (Å²) in [5.41, 5.74) is 0.752. The Morgan fingerprint density at radius 1 is 1.65 bits per heavy atom. The lowest BCUT2D eigenvalue weighted by molar-refractivity contribution is -0.385. The average molecular weight is 239 g/mol. The molecule has 1 heterocycles. The fraction of sp³-hybridized carbons (Fsp3) is 0.545. The van der Waals surface area contributed by atoms with Crippen molar-refractivity contribution in [2.45, 2.75) is 26.4 Å². The molecule has 0 aliphatic carbocycles. The molecule has 0 amide bonds. The van der Waals surface area contributed by atoms with Crippen molar-refractivity contribution in [2.24, 2.45) is 0 Å². The van der Waals surface area contributed by atoms with Gasteiger partial charge in [-0.2, -0.15) is 0 Å². The van der Waals surface area contributed by atoms with E-state index < -0.39 is 4.92 Å². The van der Waals surface area contributed by atoms with Gasteiger partial charge in [-0.25, -0.2) is 4.98 Å². The lowest BCUT2D eigenvalue weighted by Gasteiger charge is -2.20. The molecule has 0 saturated carbocycles. The van der Waals surface area contributed by atoms with Crippen molar-refractivity contribution in [3.05, 3.63) is 27.9 Å². The van der Waals surface area contributed by atoms with Crippen molar-refractivity contribution < 1.29 is 10.0 Å². The average Bonchev–Trinajstić information content (AvgIpc) is 2.25. The van der Waals surface area contributed by atoms with Crippen LogP contribution >= 0.6 is 0 Å². The van der Waals surface area contributed by atoms with E-state index in [0.717, 1.165) is 5.56 Å². The molecule has 0 radical (unpaired) electrons. The molecule has 0 fully saturated rings. The minimum Gasteiger partial charge on any atom is -0.393 e. The van der Waals surface area contributed by atoms with Gasteiger partial charge < -0.3 is 10.0 Å². The lowest BCUT2D eigenvalue weighted by atomic mass is 10.2. The van der Waals surface area contributed by atoms with E-state index >= 15 is 0 Å². The molecule has 1 rings (SSSR count). The van der Waals surface area contributed by atoms with Crippen LogP contribution in [0, 0.1) is 17.0 Å². The minimum absolute atomic E-state index is 0.00447. The van der Waals surface area contributed by atoms with Crippen LogP contribution in [-0.2, 0) is 0 Å². The third-order valence-electron chi connectivity index (χ3n) is 2.49. The van der Waals surface area contributed by atoms with Gasteiger partial charge in [-0.05, 0) is 25.8 Å². The van der Waals surface area contributed by atoms with E-state index in [1.165, 1.54) is 12.3 Å². The van der Waals surface area contributed by atoms with Crippen LogP contribution in [0.15, 0.2) is 12.3 Å². The number of pyridine rings is 1. The van der Waals surface area contributed by atoms with Crippen molar-refractivity contribution in [2.75, 3.05) is 18.5 Å². The lowest BCUT2D eigenvalue weighted by Crippen LogP contribution is -2.23. The topological polar surface area (TPSA) is 79.5 Å². The summed E-state index contributed by atoms with van der Waals surface area (Å²) in [5.74, 6) is 0.705. The van der Waals surface area contributed by atoms with Gasteiger partial charge in [-0.1, -0.05) is 0 Å². The summed E-state index contributed by atoms with van der Waals surface area (Å²) in [4.78, 5) is 16.1. The van der Waals surface area contributed by atoms with Gasteiger partial charge in [0.25, 0.3) is 5.69 Å². The molecule has 0 bridgehead atoms. The third-order valence-corrected chi connectivity index (χ3v) is 2.49. The van der Waals surface area contributed by atoms with Gasteiger partial charge in [0.1, 0.15) is 12.0 Å². The first-order valence-electron chi connectivity index (χ1n) is 5.42. The molecule has 1 aromatic rings. The van der Waals surface area contributed by atoms with Gasteiger partial charge in [-0.15, -0.1) is 0 Å². The predicted molar refractivity (Wildman–Crippen MR) is 65.2 cm³/mol. The Kier molecular flexibility index (Phi) is 4.39. The van der Waals surface area contributed by atoms with Gasteiger partial charge in [0.15, 0.2) is 0 Å². The first-order chi connectivity index (χ1) is 7.91. The highest BCUT2D eigenvalue weighted by atomic mass is 16.6. The number of nitro groups is 1. The maximum atomic E-state index is 10.6. The van der Waals surface area contributed by atoms with Crippen molar-refractivity contribution >= 4 is 11.5 Å². The normalized spacial score (nSPS) is 12.2. The van der Waals surface area contributed by atoms with Crippen LogP contribution in [0.4, 0.5) is 11.5 Å². The van der Waals surface area contributed by atoms with Crippen LogP contribution in [0.1, 0.15) is 18.9 Å². The molecule has 0 unspecified atom stereocenters. The molecule has 94 valence electrons. The highest BCUT2D eigenvalue weighted by Crippen LogP contribution is 2.20. The monoisotopic (exact) mass is 239 g/mol. The zero-order valence-corrected chi connectivity index (χ0v) is 10.3. The molecular formula is C11H17N3O3. The van der Waals surface area contributed by atoms with Gasteiger partial charge in [0, 0.05) is 19.7 Å². The maximum absolute atomic E-state index is 10.6. The van der Waals surface area contributed by atoms with E-state index in [2.05, 4.69) is 4.98 Å². The molecule has 17 heavy (non-hydrogen) atoms. The quantitative estimate of drug-likeness (QED) is 0.622. The van der Waals surface area contributed by atoms with E-state index in [1.807, 2.05) is 11.9 Å². The van der Waals surface area contributed by atoms with Gasteiger partial charge in [0.2, 0.25) is 0 Å². The molecule has 6 heteroatoms. The molecule has 1 N–H and O–H groups in total. The number of hydrogen-bond donors (Lipinski definition) is 1. The summed E-state index contributed by atoms with van der Waals surface area (Å²) in [5, 5.41) is 19.8. The zero-order valence-electron chi connectivity index (χ0n) is 10.3. The summed E-state index contributed by atoms with van der Waals surface area (Å²) in [6.45, 7) is 4.17. The van der Waals surface area contributed by atoms with E-state index in [0.29, 0.717) is 18.8 Å². The summed E-state index contributed by atoms with van der Waals surface area (Å²) in [6, 6.07) is 1.50. The highest BCUT2D eigenvalue weighted by molar-refractivity contribution is 5.49. The Morgan fingerprint density at radius 3 is 2.76 bits per heavy atom. The van der Waals surface area contributed by atoms with Crippen LogP contribution in [0.5, 0.6) is 0 Å². The Hall–Kier alpha value is -1.69. The number of aromatic nitrogens is 1. The molecule has 0 aliphatic heterocycles. The molecule has 0 saturated heterocycles. The summed E-state index contributed by atoms with van der Waals surface area (Å²) in [6.07, 6.45) is 1.52. The molecular weight excluding hydrogens is 222 g/mol. The molecule has 6 nitrogen and oxygen atoms in total. The number of aliphatic hydroxyl groups excluding tert-OH is 1. The number of anilines is 1. The maximum Gasteiger partial charge on any atom is 0.287 e. The van der Waals surface area contributed by atoms with Crippen LogP contribution in [0.25, 0.3) is 0 Å². The SMILES string of the molecule is Cc1cc([N+](=O)[O-])cnc1N(C)CC[C@@H](C)O. The number of rotatable bonds is 5. The van der Waals surface area contributed by atoms with Crippen LogP contribution in [-0.4, -0.2) is 34.7 Å². The second-order valence-corrected chi connectivity index (χ2v) is 4.15. The van der Waals surface area contributed by atoms with E-state index in [9.17, 15) is 15.2 Å². The molecule has 0 aliphatic rings.